The minimum atomic E-state index is -0.654. The number of piperidine rings is 1. The maximum Gasteiger partial charge on any atom is 0.494 e. The minimum Gasteiger partial charge on any atom is -0.444 e. The number of ether oxygens (including phenoxy) is 2. The first-order valence-electron chi connectivity index (χ1n) is 17.9. The third-order valence-corrected chi connectivity index (χ3v) is 11.5. The van der Waals surface area contributed by atoms with Gasteiger partial charge in [0.05, 0.1) is 28.6 Å². The number of likely N-dealkylation sites (tertiary alicyclic amines) is 1. The zero-order valence-corrected chi connectivity index (χ0v) is 31.6. The quantitative estimate of drug-likeness (QED) is 0.232. The van der Waals surface area contributed by atoms with Crippen LogP contribution in [0.5, 0.6) is 0 Å². The van der Waals surface area contributed by atoms with E-state index in [1.807, 2.05) is 88.6 Å². The predicted molar refractivity (Wildman–Crippen MR) is 197 cm³/mol. The van der Waals surface area contributed by atoms with Crippen molar-refractivity contribution in [3.63, 3.8) is 0 Å². The minimum absolute atomic E-state index is 0.0209. The van der Waals surface area contributed by atoms with Crippen LogP contribution in [0.1, 0.15) is 85.6 Å². The lowest BCUT2D eigenvalue weighted by atomic mass is 9.74. The number of hydrogen-bond donors (Lipinski definition) is 0. The van der Waals surface area contributed by atoms with Crippen molar-refractivity contribution in [3.8, 4) is 0 Å². The Morgan fingerprint density at radius 2 is 1.76 bits per heavy atom. The van der Waals surface area contributed by atoms with Crippen LogP contribution in [-0.4, -0.2) is 91.9 Å². The number of thioether (sulfide) groups is 1. The van der Waals surface area contributed by atoms with Crippen molar-refractivity contribution in [2.75, 3.05) is 48.9 Å². The number of nitrogens with zero attached hydrogens (tertiary/aromatic N) is 3. The lowest BCUT2D eigenvalue weighted by Crippen LogP contribution is -2.51. The van der Waals surface area contributed by atoms with Crippen LogP contribution in [0, 0.1) is 5.92 Å². The molecular weight excluding hydrogens is 653 g/mol. The van der Waals surface area contributed by atoms with E-state index in [1.165, 1.54) is 11.8 Å². The molecule has 0 N–H and O–H groups in total. The number of benzene rings is 2. The van der Waals surface area contributed by atoms with Gasteiger partial charge in [-0.05, 0) is 109 Å². The molecule has 0 radical (unpaired) electrons. The van der Waals surface area contributed by atoms with Crippen molar-refractivity contribution in [1.29, 1.82) is 0 Å². The highest BCUT2D eigenvalue weighted by atomic mass is 32.2. The Morgan fingerprint density at radius 1 is 1.04 bits per heavy atom. The molecule has 3 aliphatic heterocycles. The summed E-state index contributed by atoms with van der Waals surface area (Å²) < 4.78 is 23.8. The van der Waals surface area contributed by atoms with Gasteiger partial charge >= 0.3 is 13.2 Å². The molecule has 3 amide bonds. The highest BCUT2D eigenvalue weighted by Crippen LogP contribution is 2.44. The number of carbonyl (C=O) groups excluding carboxylic acids is 3. The van der Waals surface area contributed by atoms with E-state index in [1.54, 1.807) is 12.0 Å². The van der Waals surface area contributed by atoms with Gasteiger partial charge in [0.1, 0.15) is 5.60 Å². The zero-order valence-electron chi connectivity index (χ0n) is 30.8. The molecule has 6 rings (SSSR count). The van der Waals surface area contributed by atoms with E-state index in [9.17, 15) is 9.59 Å². The van der Waals surface area contributed by atoms with Crippen molar-refractivity contribution in [3.05, 3.63) is 48.0 Å². The average Bonchev–Trinajstić information content (AvgIpc) is 3.86. The lowest BCUT2D eigenvalue weighted by molar-refractivity contribution is -0.124. The molecule has 2 atom stereocenters. The van der Waals surface area contributed by atoms with Gasteiger partial charge in [-0.1, -0.05) is 24.3 Å². The van der Waals surface area contributed by atoms with Crippen LogP contribution in [0.15, 0.2) is 47.4 Å². The third kappa shape index (κ3) is 7.73. The van der Waals surface area contributed by atoms with Gasteiger partial charge in [0, 0.05) is 50.0 Å². The second-order valence-corrected chi connectivity index (χ2v) is 17.0. The van der Waals surface area contributed by atoms with Crippen LogP contribution in [0.25, 0.3) is 0 Å². The standard InChI is InChI=1S/C38H52BN3O7S/c1-36(2,3)47-35(45)40-19-17-29(25-11-9-12-26(21-25)39-48-37(4,5)38(6,7)49-39)30(23-40)34(44)42(27-13-14-27)28-15-16-32-31(22-28)41(18-10-20-46-8)33(43)24-50-32/h9,11-12,15-16,21-22,27,29-30H,10,13-14,17-20,23-24H2,1-8H3/t29-,30+/m1/s1. The smallest absolute Gasteiger partial charge is 0.444 e. The molecule has 0 bridgehead atoms. The summed E-state index contributed by atoms with van der Waals surface area (Å²) in [5.74, 6) is -0.241. The molecule has 2 aromatic carbocycles. The van der Waals surface area contributed by atoms with Gasteiger partial charge in [-0.3, -0.25) is 9.59 Å². The van der Waals surface area contributed by atoms with E-state index in [-0.39, 0.29) is 30.3 Å². The van der Waals surface area contributed by atoms with Gasteiger partial charge in [0.2, 0.25) is 11.8 Å². The normalized spacial score (nSPS) is 23.1. The Balaban J connectivity index is 1.34. The SMILES string of the molecule is COCCCN1C(=O)CSc2ccc(N(C(=O)[C@H]3CN(C(=O)OC(C)(C)C)CC[C@@H]3c3cccc(B4OC(C)(C)C(C)(C)O4)c3)C3CC3)cc21. The Bertz CT molecular complexity index is 1590. The summed E-state index contributed by atoms with van der Waals surface area (Å²) in [6.07, 6.45) is 2.71. The maximum atomic E-state index is 15.0. The number of hydrogen-bond acceptors (Lipinski definition) is 8. The molecule has 12 heteroatoms. The second-order valence-electron chi connectivity index (χ2n) is 16.0. The Hall–Kier alpha value is -3.06. The number of anilines is 2. The van der Waals surface area contributed by atoms with E-state index in [2.05, 4.69) is 12.1 Å². The van der Waals surface area contributed by atoms with Crippen molar-refractivity contribution >= 4 is 53.6 Å². The summed E-state index contributed by atoms with van der Waals surface area (Å²) >= 11 is 1.53. The molecule has 1 aliphatic carbocycles. The highest BCUT2D eigenvalue weighted by molar-refractivity contribution is 8.00. The molecule has 50 heavy (non-hydrogen) atoms. The van der Waals surface area contributed by atoms with E-state index in [4.69, 9.17) is 18.8 Å². The maximum absolute atomic E-state index is 15.0. The Morgan fingerprint density at radius 3 is 2.42 bits per heavy atom. The second kappa shape index (κ2) is 14.2. The van der Waals surface area contributed by atoms with Crippen LogP contribution in [0.3, 0.4) is 0 Å². The van der Waals surface area contributed by atoms with Gasteiger partial charge in [0.15, 0.2) is 0 Å². The van der Waals surface area contributed by atoms with Crippen LogP contribution >= 0.6 is 11.8 Å². The summed E-state index contributed by atoms with van der Waals surface area (Å²) in [5.41, 5.74) is 1.93. The number of carbonyl (C=O) groups is 3. The molecule has 0 spiro atoms. The van der Waals surface area contributed by atoms with Crippen molar-refractivity contribution in [1.82, 2.24) is 4.90 Å². The first kappa shape index (κ1) is 36.7. The molecule has 10 nitrogen and oxygen atoms in total. The number of amides is 3. The van der Waals surface area contributed by atoms with Crippen molar-refractivity contribution < 1.29 is 33.2 Å². The summed E-state index contributed by atoms with van der Waals surface area (Å²) in [5, 5.41) is 0. The van der Waals surface area contributed by atoms with Crippen molar-refractivity contribution in [2.45, 2.75) is 108 Å². The van der Waals surface area contributed by atoms with Gasteiger partial charge in [-0.15, -0.1) is 11.8 Å². The Kier molecular flexibility index (Phi) is 10.4. The molecule has 3 fully saturated rings. The molecule has 0 unspecified atom stereocenters. The van der Waals surface area contributed by atoms with Crippen LogP contribution in [0.2, 0.25) is 0 Å². The topological polar surface area (TPSA) is 97.9 Å². The highest BCUT2D eigenvalue weighted by Gasteiger charge is 2.52. The van der Waals surface area contributed by atoms with Gasteiger partial charge in [-0.25, -0.2) is 4.79 Å². The monoisotopic (exact) mass is 705 g/mol. The number of fused-ring (bicyclic) bond motifs is 1. The number of methoxy groups -OCH3 is 1. The van der Waals surface area contributed by atoms with E-state index in [0.29, 0.717) is 31.9 Å². The zero-order chi connectivity index (χ0) is 36.0. The molecule has 3 heterocycles. The molecule has 0 aromatic heterocycles. The van der Waals surface area contributed by atoms with Gasteiger partial charge in [0.25, 0.3) is 0 Å². The van der Waals surface area contributed by atoms with Crippen LogP contribution in [-0.2, 0) is 28.4 Å². The molecule has 2 aromatic rings. The van der Waals surface area contributed by atoms with E-state index >= 15 is 4.79 Å². The largest absolute Gasteiger partial charge is 0.494 e. The summed E-state index contributed by atoms with van der Waals surface area (Å²) in [6.45, 7) is 15.6. The van der Waals surface area contributed by atoms with Gasteiger partial charge in [-0.2, -0.15) is 0 Å². The van der Waals surface area contributed by atoms with E-state index in [0.717, 1.165) is 46.6 Å². The molecular formula is C38H52BN3O7S. The van der Waals surface area contributed by atoms with Crippen molar-refractivity contribution in [2.24, 2.45) is 5.92 Å². The van der Waals surface area contributed by atoms with E-state index < -0.39 is 35.9 Å². The summed E-state index contributed by atoms with van der Waals surface area (Å²) in [6, 6.07) is 14.3. The first-order chi connectivity index (χ1) is 23.6. The molecule has 1 saturated carbocycles. The fourth-order valence-electron chi connectivity index (χ4n) is 6.99. The van der Waals surface area contributed by atoms with Crippen LogP contribution < -0.4 is 15.3 Å². The number of rotatable bonds is 9. The summed E-state index contributed by atoms with van der Waals surface area (Å²) in [4.78, 5) is 48.0. The molecule has 270 valence electrons. The van der Waals surface area contributed by atoms with Gasteiger partial charge < -0.3 is 33.5 Å². The summed E-state index contributed by atoms with van der Waals surface area (Å²) in [7, 11) is 1.14. The fourth-order valence-corrected chi connectivity index (χ4v) is 7.91. The fraction of sp³-hybridized carbons (Fsp3) is 0.605. The predicted octanol–water partition coefficient (Wildman–Crippen LogP) is 6.00. The lowest BCUT2D eigenvalue weighted by Gasteiger charge is -2.41. The Labute approximate surface area is 301 Å². The third-order valence-electron chi connectivity index (χ3n) is 10.5. The first-order valence-corrected chi connectivity index (χ1v) is 18.9. The average molecular weight is 706 g/mol. The van der Waals surface area contributed by atoms with Crippen LogP contribution in [0.4, 0.5) is 16.2 Å². The molecule has 2 saturated heterocycles. The molecule has 4 aliphatic rings.